The summed E-state index contributed by atoms with van der Waals surface area (Å²) < 4.78 is 41.0. The number of aromatic hydroxyl groups is 1. The van der Waals surface area contributed by atoms with Crippen molar-refractivity contribution in [2.24, 2.45) is 0 Å². The molecule has 156 valence electrons. The van der Waals surface area contributed by atoms with Gasteiger partial charge in [0, 0.05) is 18.0 Å². The highest BCUT2D eigenvalue weighted by atomic mass is 19.4. The Hall–Kier alpha value is -2.90. The predicted molar refractivity (Wildman–Crippen MR) is 107 cm³/mol. The maximum absolute atomic E-state index is 13.7. The second-order valence-corrected chi connectivity index (χ2v) is 8.09. The van der Waals surface area contributed by atoms with Crippen molar-refractivity contribution in [3.8, 4) is 5.75 Å². The number of phenolic OH excluding ortho intramolecular Hbond substituents is 1. The average molecular weight is 407 g/mol. The number of anilines is 3. The molecule has 1 heterocycles. The number of halogens is 3. The number of benzene rings is 2. The van der Waals surface area contributed by atoms with E-state index in [4.69, 9.17) is 0 Å². The van der Waals surface area contributed by atoms with Gasteiger partial charge < -0.3 is 20.6 Å². The molecule has 0 bridgehead atoms. The Balaban J connectivity index is 2.12. The number of nitrogens with one attached hydrogen (secondary N) is 2. The minimum absolute atomic E-state index is 0.0476. The number of carbonyl (C=O) groups is 1. The molecule has 3 rings (SSSR count). The highest BCUT2D eigenvalue weighted by Crippen LogP contribution is 2.54. The SMILES string of the molecule is CC(C)NC(=O)Nc1ccccc1N1CC(C)(C)c2c(C(F)(F)F)ccc(O)c21. The van der Waals surface area contributed by atoms with Crippen LogP contribution in [0, 0.1) is 0 Å². The lowest BCUT2D eigenvalue weighted by Gasteiger charge is -2.25. The third-order valence-corrected chi connectivity index (χ3v) is 4.82. The van der Waals surface area contributed by atoms with E-state index < -0.39 is 23.2 Å². The molecule has 2 aromatic carbocycles. The number of nitrogens with zero attached hydrogens (tertiary/aromatic N) is 1. The monoisotopic (exact) mass is 407 g/mol. The van der Waals surface area contributed by atoms with E-state index in [9.17, 15) is 23.1 Å². The van der Waals surface area contributed by atoms with E-state index in [1.165, 1.54) is 0 Å². The molecule has 8 heteroatoms. The van der Waals surface area contributed by atoms with Gasteiger partial charge in [-0.25, -0.2) is 4.79 Å². The van der Waals surface area contributed by atoms with Gasteiger partial charge in [0.2, 0.25) is 0 Å². The van der Waals surface area contributed by atoms with E-state index in [1.54, 1.807) is 43.0 Å². The van der Waals surface area contributed by atoms with Gasteiger partial charge in [0.05, 0.1) is 22.6 Å². The van der Waals surface area contributed by atoms with Crippen molar-refractivity contribution in [1.82, 2.24) is 5.32 Å². The van der Waals surface area contributed by atoms with E-state index in [2.05, 4.69) is 10.6 Å². The largest absolute Gasteiger partial charge is 0.506 e. The van der Waals surface area contributed by atoms with Crippen LogP contribution in [0.25, 0.3) is 0 Å². The second kappa shape index (κ2) is 7.17. The highest BCUT2D eigenvalue weighted by molar-refractivity contribution is 5.95. The zero-order valence-corrected chi connectivity index (χ0v) is 16.7. The van der Waals surface area contributed by atoms with Crippen LogP contribution in [-0.4, -0.2) is 23.7 Å². The Morgan fingerprint density at radius 2 is 1.83 bits per heavy atom. The van der Waals surface area contributed by atoms with E-state index in [0.717, 1.165) is 12.1 Å². The molecule has 1 aliphatic heterocycles. The topological polar surface area (TPSA) is 64.6 Å². The summed E-state index contributed by atoms with van der Waals surface area (Å²) in [6, 6.07) is 8.32. The molecule has 0 fully saturated rings. The van der Waals surface area contributed by atoms with Gasteiger partial charge in [0.15, 0.2) is 0 Å². The van der Waals surface area contributed by atoms with Crippen molar-refractivity contribution < 1.29 is 23.1 Å². The van der Waals surface area contributed by atoms with Gasteiger partial charge in [-0.1, -0.05) is 26.0 Å². The van der Waals surface area contributed by atoms with Crippen molar-refractivity contribution in [1.29, 1.82) is 0 Å². The molecule has 29 heavy (non-hydrogen) atoms. The normalized spacial score (nSPS) is 15.4. The first kappa shape index (κ1) is 20.8. The lowest BCUT2D eigenvalue weighted by Crippen LogP contribution is -2.34. The zero-order valence-electron chi connectivity index (χ0n) is 16.7. The fourth-order valence-electron chi connectivity index (χ4n) is 3.77. The standard InChI is InChI=1S/C21H24F3N3O2/c1-12(2)25-19(29)26-14-7-5-6-8-15(14)27-11-20(3,4)17-13(21(22,23)24)9-10-16(28)18(17)27/h5-10,12,28H,11H2,1-4H3,(H2,25,26,29). The Morgan fingerprint density at radius 3 is 2.45 bits per heavy atom. The smallest absolute Gasteiger partial charge is 0.416 e. The van der Waals surface area contributed by atoms with Crippen LogP contribution in [0.4, 0.5) is 35.0 Å². The Morgan fingerprint density at radius 1 is 1.17 bits per heavy atom. The molecule has 0 atom stereocenters. The molecule has 1 aliphatic rings. The summed E-state index contributed by atoms with van der Waals surface area (Å²) >= 11 is 0. The molecule has 0 aliphatic carbocycles. The van der Waals surface area contributed by atoms with Gasteiger partial charge in [-0.05, 0) is 43.7 Å². The van der Waals surface area contributed by atoms with Gasteiger partial charge in [-0.15, -0.1) is 0 Å². The second-order valence-electron chi connectivity index (χ2n) is 8.09. The number of urea groups is 1. The summed E-state index contributed by atoms with van der Waals surface area (Å²) in [5.74, 6) is -0.236. The lowest BCUT2D eigenvalue weighted by atomic mass is 9.83. The molecular formula is C21H24F3N3O2. The van der Waals surface area contributed by atoms with Crippen LogP contribution in [0.15, 0.2) is 36.4 Å². The van der Waals surface area contributed by atoms with Crippen LogP contribution in [0.5, 0.6) is 5.75 Å². The Labute approximate surface area is 167 Å². The summed E-state index contributed by atoms with van der Waals surface area (Å²) in [7, 11) is 0. The van der Waals surface area contributed by atoms with E-state index in [1.807, 2.05) is 13.8 Å². The lowest BCUT2D eigenvalue weighted by molar-refractivity contribution is -0.138. The first-order chi connectivity index (χ1) is 13.4. The van der Waals surface area contributed by atoms with Crippen LogP contribution in [0.2, 0.25) is 0 Å². The van der Waals surface area contributed by atoms with Crippen LogP contribution < -0.4 is 15.5 Å². The summed E-state index contributed by atoms with van der Waals surface area (Å²) in [6.45, 7) is 7.28. The van der Waals surface area contributed by atoms with Crippen LogP contribution in [-0.2, 0) is 11.6 Å². The Kier molecular flexibility index (Phi) is 5.15. The van der Waals surface area contributed by atoms with Crippen molar-refractivity contribution in [2.45, 2.75) is 45.3 Å². The predicted octanol–water partition coefficient (Wildman–Crippen LogP) is 5.37. The summed E-state index contributed by atoms with van der Waals surface area (Å²) in [4.78, 5) is 13.8. The highest BCUT2D eigenvalue weighted by Gasteiger charge is 2.46. The molecule has 2 aromatic rings. The fourth-order valence-corrected chi connectivity index (χ4v) is 3.77. The van der Waals surface area contributed by atoms with Crippen LogP contribution in [0.1, 0.15) is 38.8 Å². The van der Waals surface area contributed by atoms with Crippen molar-refractivity contribution in [3.05, 3.63) is 47.5 Å². The quantitative estimate of drug-likeness (QED) is 0.641. The summed E-state index contributed by atoms with van der Waals surface area (Å²) in [6.07, 6.45) is -4.54. The van der Waals surface area contributed by atoms with Crippen molar-refractivity contribution >= 4 is 23.1 Å². The molecule has 0 aromatic heterocycles. The number of hydrogen-bond donors (Lipinski definition) is 3. The number of amides is 2. The number of rotatable bonds is 3. The van der Waals surface area contributed by atoms with Gasteiger partial charge in [0.1, 0.15) is 5.75 Å². The van der Waals surface area contributed by atoms with Crippen LogP contribution in [0.3, 0.4) is 0 Å². The third-order valence-electron chi connectivity index (χ3n) is 4.82. The fraction of sp³-hybridized carbons (Fsp3) is 0.381. The minimum Gasteiger partial charge on any atom is -0.506 e. The van der Waals surface area contributed by atoms with Crippen molar-refractivity contribution in [3.63, 3.8) is 0 Å². The number of alkyl halides is 3. The number of phenols is 1. The van der Waals surface area contributed by atoms with E-state index >= 15 is 0 Å². The summed E-state index contributed by atoms with van der Waals surface area (Å²) in [5, 5.41) is 15.9. The molecule has 0 unspecified atom stereocenters. The molecule has 0 spiro atoms. The summed E-state index contributed by atoms with van der Waals surface area (Å²) in [5.41, 5.74) is -0.527. The first-order valence-corrected chi connectivity index (χ1v) is 9.29. The molecule has 0 saturated carbocycles. The van der Waals surface area contributed by atoms with Gasteiger partial charge in [-0.2, -0.15) is 13.2 Å². The van der Waals surface area contributed by atoms with Gasteiger partial charge in [-0.3, -0.25) is 0 Å². The molecular weight excluding hydrogens is 383 g/mol. The molecule has 2 amide bonds. The third kappa shape index (κ3) is 3.97. The maximum atomic E-state index is 13.7. The van der Waals surface area contributed by atoms with Gasteiger partial charge >= 0.3 is 12.2 Å². The first-order valence-electron chi connectivity index (χ1n) is 9.29. The van der Waals surface area contributed by atoms with Crippen molar-refractivity contribution in [2.75, 3.05) is 16.8 Å². The molecule has 0 saturated heterocycles. The molecule has 3 N–H and O–H groups in total. The number of fused-ring (bicyclic) bond motifs is 1. The van der Waals surface area contributed by atoms with Crippen LogP contribution >= 0.6 is 0 Å². The van der Waals surface area contributed by atoms with E-state index in [-0.39, 0.29) is 29.6 Å². The maximum Gasteiger partial charge on any atom is 0.416 e. The molecule has 5 nitrogen and oxygen atoms in total. The number of hydrogen-bond acceptors (Lipinski definition) is 3. The number of carbonyl (C=O) groups excluding carboxylic acids is 1. The molecule has 0 radical (unpaired) electrons. The average Bonchev–Trinajstić information content (AvgIpc) is 2.86. The Bertz CT molecular complexity index is 939. The van der Waals surface area contributed by atoms with E-state index in [0.29, 0.717) is 11.4 Å². The van der Waals surface area contributed by atoms with Gasteiger partial charge in [0.25, 0.3) is 0 Å². The number of para-hydroxylation sites is 2. The minimum atomic E-state index is -4.54. The zero-order chi connectivity index (χ0) is 21.6.